The summed E-state index contributed by atoms with van der Waals surface area (Å²) in [4.78, 5) is 12.1. The number of pyridine rings is 2. The van der Waals surface area contributed by atoms with Gasteiger partial charge in [-0.25, -0.2) is 4.98 Å². The highest BCUT2D eigenvalue weighted by Crippen LogP contribution is 2.35. The Hall–Kier alpha value is -1.63. The Morgan fingerprint density at radius 1 is 1.38 bits per heavy atom. The molecule has 0 spiro atoms. The molecule has 2 unspecified atom stereocenters. The SMILES string of the molecule is CC(C)C[S+]([O-])N1CCC(c2ccnc3cnc4[nH]ccc4c23)C1. The number of aromatic amines is 1. The number of fused-ring (bicyclic) bond motifs is 3. The number of hydrogen-bond acceptors (Lipinski definition) is 4. The van der Waals surface area contributed by atoms with E-state index in [-0.39, 0.29) is 0 Å². The van der Waals surface area contributed by atoms with Crippen molar-refractivity contribution in [3.63, 3.8) is 0 Å². The van der Waals surface area contributed by atoms with Crippen LogP contribution in [0.4, 0.5) is 0 Å². The Bertz CT molecular complexity index is 862. The van der Waals surface area contributed by atoms with Crippen molar-refractivity contribution < 1.29 is 4.55 Å². The van der Waals surface area contributed by atoms with E-state index in [2.05, 4.69) is 45.2 Å². The van der Waals surface area contributed by atoms with E-state index < -0.39 is 11.4 Å². The Kier molecular flexibility index (Phi) is 4.20. The van der Waals surface area contributed by atoms with Gasteiger partial charge in [0.15, 0.2) is 0 Å². The molecule has 3 aromatic rings. The van der Waals surface area contributed by atoms with Crippen LogP contribution in [-0.2, 0) is 11.4 Å². The van der Waals surface area contributed by atoms with E-state index in [1.807, 2.05) is 18.6 Å². The molecular formula is C18H22N4OS. The highest BCUT2D eigenvalue weighted by Gasteiger charge is 2.33. The van der Waals surface area contributed by atoms with Gasteiger partial charge in [-0.05, 0) is 30.0 Å². The molecule has 4 rings (SSSR count). The summed E-state index contributed by atoms with van der Waals surface area (Å²) in [6, 6.07) is 4.19. The van der Waals surface area contributed by atoms with Gasteiger partial charge in [-0.2, -0.15) is 0 Å². The lowest BCUT2D eigenvalue weighted by Crippen LogP contribution is -2.32. The summed E-state index contributed by atoms with van der Waals surface area (Å²) in [5.74, 6) is 1.60. The third kappa shape index (κ3) is 2.79. The van der Waals surface area contributed by atoms with Crippen molar-refractivity contribution in [2.75, 3.05) is 18.8 Å². The van der Waals surface area contributed by atoms with Gasteiger partial charge in [0.2, 0.25) is 0 Å². The standard InChI is InChI=1S/C18H22N4OS/c1-12(2)11-24(23)22-8-5-13(10-22)14-3-6-19-16-9-21-18-15(17(14)16)4-7-20-18/h3-4,6-7,9,12-13H,5,8,10-11H2,1-2H3,(H,20,21). The molecule has 1 aliphatic heterocycles. The van der Waals surface area contributed by atoms with Crippen molar-refractivity contribution in [2.45, 2.75) is 26.2 Å². The van der Waals surface area contributed by atoms with Gasteiger partial charge in [-0.1, -0.05) is 13.8 Å². The highest BCUT2D eigenvalue weighted by molar-refractivity contribution is 7.89. The highest BCUT2D eigenvalue weighted by atomic mass is 32.2. The normalized spacial score (nSPS) is 20.4. The maximum Gasteiger partial charge on any atom is 0.137 e. The van der Waals surface area contributed by atoms with Crippen LogP contribution in [-0.4, -0.2) is 42.7 Å². The van der Waals surface area contributed by atoms with Gasteiger partial charge in [-0.3, -0.25) is 4.98 Å². The first kappa shape index (κ1) is 15.9. The Labute approximate surface area is 144 Å². The molecule has 0 aliphatic carbocycles. The second-order valence-electron chi connectivity index (χ2n) is 6.91. The molecule has 0 bridgehead atoms. The van der Waals surface area contributed by atoms with Crippen LogP contribution in [0, 0.1) is 5.92 Å². The van der Waals surface area contributed by atoms with Gasteiger partial charge >= 0.3 is 0 Å². The number of aromatic nitrogens is 3. The third-order valence-corrected chi connectivity index (χ3v) is 6.54. The summed E-state index contributed by atoms with van der Waals surface area (Å²) in [5, 5.41) is 2.31. The first-order chi connectivity index (χ1) is 11.6. The molecule has 1 aliphatic rings. The summed E-state index contributed by atoms with van der Waals surface area (Å²) in [6.07, 6.45) is 6.66. The summed E-state index contributed by atoms with van der Waals surface area (Å²) >= 11 is -0.874. The van der Waals surface area contributed by atoms with Gasteiger partial charge < -0.3 is 9.54 Å². The summed E-state index contributed by atoms with van der Waals surface area (Å²) in [7, 11) is 0. The molecule has 2 atom stereocenters. The summed E-state index contributed by atoms with van der Waals surface area (Å²) in [6.45, 7) is 6.00. The smallest absolute Gasteiger partial charge is 0.137 e. The van der Waals surface area contributed by atoms with Gasteiger partial charge in [0.25, 0.3) is 0 Å². The second-order valence-corrected chi connectivity index (χ2v) is 8.41. The topological polar surface area (TPSA) is 67.9 Å². The number of H-pyrrole nitrogens is 1. The van der Waals surface area contributed by atoms with Crippen molar-refractivity contribution in [1.29, 1.82) is 0 Å². The second kappa shape index (κ2) is 6.35. The van der Waals surface area contributed by atoms with Crippen LogP contribution in [0.2, 0.25) is 0 Å². The average Bonchev–Trinajstić information content (AvgIpc) is 3.22. The van der Waals surface area contributed by atoms with Crippen molar-refractivity contribution in [2.24, 2.45) is 5.92 Å². The Balaban J connectivity index is 1.69. The van der Waals surface area contributed by atoms with Gasteiger partial charge in [-0.15, -0.1) is 4.31 Å². The fraction of sp³-hybridized carbons (Fsp3) is 0.444. The predicted molar refractivity (Wildman–Crippen MR) is 98.2 cm³/mol. The fourth-order valence-corrected chi connectivity index (χ4v) is 5.01. The molecule has 5 nitrogen and oxygen atoms in total. The monoisotopic (exact) mass is 342 g/mol. The molecule has 1 N–H and O–H groups in total. The van der Waals surface area contributed by atoms with Crippen LogP contribution >= 0.6 is 0 Å². The molecular weight excluding hydrogens is 320 g/mol. The maximum absolute atomic E-state index is 12.5. The molecule has 6 heteroatoms. The minimum absolute atomic E-state index is 0.395. The minimum Gasteiger partial charge on any atom is -0.598 e. The Morgan fingerprint density at radius 2 is 2.25 bits per heavy atom. The van der Waals surface area contributed by atoms with Crippen LogP contribution in [0.1, 0.15) is 31.7 Å². The van der Waals surface area contributed by atoms with Gasteiger partial charge in [0.1, 0.15) is 11.4 Å². The summed E-state index contributed by atoms with van der Waals surface area (Å²) in [5.41, 5.74) is 3.13. The van der Waals surface area contributed by atoms with Gasteiger partial charge in [0, 0.05) is 47.0 Å². The van der Waals surface area contributed by atoms with Crippen LogP contribution < -0.4 is 0 Å². The number of nitrogens with zero attached hydrogens (tertiary/aromatic N) is 3. The molecule has 0 saturated carbocycles. The minimum atomic E-state index is -0.874. The predicted octanol–water partition coefficient (Wildman–Crippen LogP) is 3.22. The number of nitrogens with one attached hydrogen (secondary N) is 1. The first-order valence-corrected chi connectivity index (χ1v) is 9.75. The zero-order valence-corrected chi connectivity index (χ0v) is 14.8. The molecule has 126 valence electrons. The lowest BCUT2D eigenvalue weighted by molar-refractivity contribution is 0.465. The van der Waals surface area contributed by atoms with E-state index in [1.165, 1.54) is 10.9 Å². The van der Waals surface area contributed by atoms with Crippen molar-refractivity contribution in [3.8, 4) is 0 Å². The maximum atomic E-state index is 12.5. The van der Waals surface area contributed by atoms with E-state index >= 15 is 0 Å². The first-order valence-electron chi connectivity index (χ1n) is 8.47. The molecule has 0 radical (unpaired) electrons. The van der Waals surface area contributed by atoms with E-state index in [9.17, 15) is 4.55 Å². The van der Waals surface area contributed by atoms with Crippen LogP contribution in [0.15, 0.2) is 30.7 Å². The van der Waals surface area contributed by atoms with Crippen LogP contribution in [0.3, 0.4) is 0 Å². The van der Waals surface area contributed by atoms with Crippen LogP contribution in [0.25, 0.3) is 21.9 Å². The van der Waals surface area contributed by atoms with Crippen molar-refractivity contribution in [1.82, 2.24) is 19.3 Å². The molecule has 24 heavy (non-hydrogen) atoms. The van der Waals surface area contributed by atoms with Gasteiger partial charge in [0.05, 0.1) is 18.3 Å². The van der Waals surface area contributed by atoms with Crippen LogP contribution in [0.5, 0.6) is 0 Å². The lowest BCUT2D eigenvalue weighted by atomic mass is 9.94. The quantitative estimate of drug-likeness (QED) is 0.739. The molecule has 0 amide bonds. The Morgan fingerprint density at radius 3 is 3.08 bits per heavy atom. The molecule has 3 aromatic heterocycles. The lowest BCUT2D eigenvalue weighted by Gasteiger charge is -2.21. The van der Waals surface area contributed by atoms with Crippen molar-refractivity contribution >= 4 is 33.3 Å². The van der Waals surface area contributed by atoms with E-state index in [0.717, 1.165) is 41.8 Å². The number of rotatable bonds is 4. The fourth-order valence-electron chi connectivity index (χ4n) is 3.58. The molecule has 4 heterocycles. The average molecular weight is 342 g/mol. The van der Waals surface area contributed by atoms with E-state index in [4.69, 9.17) is 0 Å². The zero-order chi connectivity index (χ0) is 16.7. The number of hydrogen-bond donors (Lipinski definition) is 1. The van der Waals surface area contributed by atoms with E-state index in [0.29, 0.717) is 11.8 Å². The summed E-state index contributed by atoms with van der Waals surface area (Å²) < 4.78 is 14.6. The molecule has 0 aromatic carbocycles. The largest absolute Gasteiger partial charge is 0.598 e. The zero-order valence-electron chi connectivity index (χ0n) is 14.0. The molecule has 1 saturated heterocycles. The molecule has 1 fully saturated rings. The third-order valence-electron chi connectivity index (χ3n) is 4.68. The van der Waals surface area contributed by atoms with E-state index in [1.54, 1.807) is 0 Å². The van der Waals surface area contributed by atoms with Crippen molar-refractivity contribution in [3.05, 3.63) is 36.3 Å².